The normalized spacial score (nSPS) is 29.3. The second kappa shape index (κ2) is 6.78. The molecule has 5 nitrogen and oxygen atoms in total. The number of hydrogen-bond acceptors (Lipinski definition) is 4. The summed E-state index contributed by atoms with van der Waals surface area (Å²) in [6.07, 6.45) is -3.69. The lowest BCUT2D eigenvalue weighted by atomic mass is 9.94. The first-order valence-electron chi connectivity index (χ1n) is 8.88. The molecule has 0 aromatic heterocycles. The maximum Gasteiger partial charge on any atom is 0.410 e. The fourth-order valence-electron chi connectivity index (χ4n) is 3.92. The molecule has 26 heavy (non-hydrogen) atoms. The Balaban J connectivity index is 1.81. The zero-order valence-electron chi connectivity index (χ0n) is 15.4. The van der Waals surface area contributed by atoms with Crippen molar-refractivity contribution >= 4 is 6.09 Å². The molecule has 2 heterocycles. The van der Waals surface area contributed by atoms with Crippen molar-refractivity contribution in [2.75, 3.05) is 13.1 Å². The maximum absolute atomic E-state index is 13.6. The van der Waals surface area contributed by atoms with Gasteiger partial charge in [0.1, 0.15) is 11.2 Å². The van der Waals surface area contributed by atoms with Gasteiger partial charge >= 0.3 is 6.09 Å². The summed E-state index contributed by atoms with van der Waals surface area (Å²) >= 11 is 0. The second-order valence-corrected chi connectivity index (χ2v) is 8.23. The SMILES string of the molecule is CC(C)(C)OC(=O)N1C2CN(Cc3ccccc3)CC1C(O)(C(F)F)C2. The summed E-state index contributed by atoms with van der Waals surface area (Å²) < 4.78 is 32.7. The number of likely N-dealkylation sites (tertiary alicyclic amines) is 1. The number of fused-ring (bicyclic) bond motifs is 2. The van der Waals surface area contributed by atoms with Gasteiger partial charge in [0, 0.05) is 26.1 Å². The number of nitrogens with zero attached hydrogens (tertiary/aromatic N) is 2. The van der Waals surface area contributed by atoms with Gasteiger partial charge in [0.2, 0.25) is 0 Å². The highest BCUT2D eigenvalue weighted by atomic mass is 19.3. The average Bonchev–Trinajstić information content (AvgIpc) is 2.72. The number of halogens is 2. The Morgan fingerprint density at radius 1 is 1.31 bits per heavy atom. The number of ether oxygens (including phenoxy) is 1. The average molecular weight is 368 g/mol. The van der Waals surface area contributed by atoms with E-state index in [9.17, 15) is 18.7 Å². The molecule has 2 bridgehead atoms. The van der Waals surface area contributed by atoms with E-state index in [1.165, 1.54) is 4.90 Å². The Kier molecular flexibility index (Phi) is 4.96. The fraction of sp³-hybridized carbons (Fsp3) is 0.632. The predicted molar refractivity (Wildman–Crippen MR) is 92.9 cm³/mol. The Bertz CT molecular complexity index is 650. The third-order valence-electron chi connectivity index (χ3n) is 5.00. The number of benzene rings is 1. The highest BCUT2D eigenvalue weighted by Gasteiger charge is 2.61. The molecule has 0 saturated carbocycles. The van der Waals surface area contributed by atoms with Crippen LogP contribution >= 0.6 is 0 Å². The monoisotopic (exact) mass is 368 g/mol. The first-order valence-corrected chi connectivity index (χ1v) is 8.88. The Hall–Kier alpha value is -1.73. The minimum absolute atomic E-state index is 0.139. The van der Waals surface area contributed by atoms with Crippen LogP contribution < -0.4 is 0 Å². The van der Waals surface area contributed by atoms with Crippen LogP contribution in [0.4, 0.5) is 13.6 Å². The zero-order valence-corrected chi connectivity index (χ0v) is 15.4. The van der Waals surface area contributed by atoms with Crippen LogP contribution in [-0.4, -0.2) is 63.8 Å². The summed E-state index contributed by atoms with van der Waals surface area (Å²) in [6, 6.07) is 8.24. The van der Waals surface area contributed by atoms with Crippen molar-refractivity contribution in [1.82, 2.24) is 9.80 Å². The number of carbonyl (C=O) groups is 1. The van der Waals surface area contributed by atoms with Gasteiger partial charge in [0.15, 0.2) is 0 Å². The molecule has 1 amide bonds. The van der Waals surface area contributed by atoms with Gasteiger partial charge in [0.05, 0.1) is 12.1 Å². The molecular weight excluding hydrogens is 342 g/mol. The molecule has 0 spiro atoms. The number of alkyl halides is 2. The molecule has 3 unspecified atom stereocenters. The number of aliphatic hydroxyl groups is 1. The zero-order chi connectivity index (χ0) is 19.1. The van der Waals surface area contributed by atoms with Gasteiger partial charge in [-0.15, -0.1) is 0 Å². The van der Waals surface area contributed by atoms with E-state index in [2.05, 4.69) is 0 Å². The van der Waals surface area contributed by atoms with Crippen LogP contribution in [0.2, 0.25) is 0 Å². The summed E-state index contributed by atoms with van der Waals surface area (Å²) in [5.74, 6) is 0. The molecule has 2 fully saturated rings. The van der Waals surface area contributed by atoms with Gasteiger partial charge in [-0.2, -0.15) is 0 Å². The minimum atomic E-state index is -2.92. The third kappa shape index (κ3) is 3.69. The third-order valence-corrected chi connectivity index (χ3v) is 5.00. The lowest BCUT2D eigenvalue weighted by Gasteiger charge is -2.43. The van der Waals surface area contributed by atoms with E-state index in [1.807, 2.05) is 35.2 Å². The number of piperazine rings is 1. The Labute approximate surface area is 152 Å². The lowest BCUT2D eigenvalue weighted by Crippen LogP contribution is -2.61. The van der Waals surface area contributed by atoms with Gasteiger partial charge in [-0.25, -0.2) is 13.6 Å². The summed E-state index contributed by atoms with van der Waals surface area (Å²) in [4.78, 5) is 15.9. The maximum atomic E-state index is 13.6. The van der Waals surface area contributed by atoms with Crippen LogP contribution in [0.1, 0.15) is 32.8 Å². The van der Waals surface area contributed by atoms with Gasteiger partial charge in [-0.1, -0.05) is 30.3 Å². The minimum Gasteiger partial charge on any atom is -0.444 e. The van der Waals surface area contributed by atoms with Gasteiger partial charge < -0.3 is 9.84 Å². The molecule has 2 aliphatic rings. The molecule has 1 aromatic rings. The summed E-state index contributed by atoms with van der Waals surface area (Å²) in [6.45, 7) is 6.41. The summed E-state index contributed by atoms with van der Waals surface area (Å²) in [5.41, 5.74) is -1.86. The number of carbonyl (C=O) groups excluding carboxylic acids is 1. The molecule has 3 rings (SSSR count). The van der Waals surface area contributed by atoms with E-state index in [4.69, 9.17) is 4.74 Å². The molecule has 3 atom stereocenters. The number of amides is 1. The van der Waals surface area contributed by atoms with Crippen LogP contribution in [0.25, 0.3) is 0 Å². The van der Waals surface area contributed by atoms with E-state index in [0.717, 1.165) is 5.56 Å². The fourth-order valence-corrected chi connectivity index (χ4v) is 3.92. The smallest absolute Gasteiger partial charge is 0.410 e. The van der Waals surface area contributed by atoms with Crippen molar-refractivity contribution in [2.24, 2.45) is 0 Å². The van der Waals surface area contributed by atoms with Crippen LogP contribution in [0.3, 0.4) is 0 Å². The van der Waals surface area contributed by atoms with Gasteiger partial charge in [0.25, 0.3) is 6.43 Å². The van der Waals surface area contributed by atoms with Gasteiger partial charge in [-0.3, -0.25) is 9.80 Å². The molecule has 1 N–H and O–H groups in total. The predicted octanol–water partition coefficient (Wildman–Crippen LogP) is 2.88. The summed E-state index contributed by atoms with van der Waals surface area (Å²) in [7, 11) is 0. The molecule has 2 saturated heterocycles. The quantitative estimate of drug-likeness (QED) is 0.891. The van der Waals surface area contributed by atoms with Gasteiger partial charge in [-0.05, 0) is 26.3 Å². The highest BCUT2D eigenvalue weighted by Crippen LogP contribution is 2.42. The van der Waals surface area contributed by atoms with Crippen LogP contribution in [0.5, 0.6) is 0 Å². The van der Waals surface area contributed by atoms with Crippen molar-refractivity contribution in [2.45, 2.75) is 63.4 Å². The van der Waals surface area contributed by atoms with Crippen molar-refractivity contribution in [3.8, 4) is 0 Å². The van der Waals surface area contributed by atoms with E-state index in [1.54, 1.807) is 20.8 Å². The van der Waals surface area contributed by atoms with Crippen molar-refractivity contribution in [3.05, 3.63) is 35.9 Å². The summed E-state index contributed by atoms with van der Waals surface area (Å²) in [5, 5.41) is 10.6. The first kappa shape index (κ1) is 19.0. The van der Waals surface area contributed by atoms with Crippen LogP contribution in [-0.2, 0) is 11.3 Å². The molecule has 7 heteroatoms. The standard InChI is InChI=1S/C19H26F2N2O3/c1-18(2,3)26-17(24)23-14-9-19(25,16(20)21)15(23)12-22(11-14)10-13-7-5-4-6-8-13/h4-8,14-16,25H,9-12H2,1-3H3. The Morgan fingerprint density at radius 2 is 1.96 bits per heavy atom. The first-order chi connectivity index (χ1) is 12.1. The second-order valence-electron chi connectivity index (χ2n) is 8.23. The molecule has 144 valence electrons. The topological polar surface area (TPSA) is 53.0 Å². The molecule has 2 aliphatic heterocycles. The number of rotatable bonds is 3. The number of hydrogen-bond donors (Lipinski definition) is 1. The van der Waals surface area contributed by atoms with Crippen molar-refractivity contribution < 1.29 is 23.4 Å². The van der Waals surface area contributed by atoms with E-state index < -0.39 is 35.8 Å². The molecule has 1 aromatic carbocycles. The molecular formula is C19H26F2N2O3. The highest BCUT2D eigenvalue weighted by molar-refractivity contribution is 5.70. The van der Waals surface area contributed by atoms with E-state index in [-0.39, 0.29) is 13.0 Å². The van der Waals surface area contributed by atoms with E-state index >= 15 is 0 Å². The Morgan fingerprint density at radius 3 is 2.54 bits per heavy atom. The van der Waals surface area contributed by atoms with Crippen molar-refractivity contribution in [3.63, 3.8) is 0 Å². The molecule has 0 aliphatic carbocycles. The van der Waals surface area contributed by atoms with Crippen LogP contribution in [0, 0.1) is 0 Å². The molecule has 0 radical (unpaired) electrons. The lowest BCUT2D eigenvalue weighted by molar-refractivity contribution is -0.118. The van der Waals surface area contributed by atoms with Crippen molar-refractivity contribution in [1.29, 1.82) is 0 Å². The van der Waals surface area contributed by atoms with Crippen LogP contribution in [0.15, 0.2) is 30.3 Å². The van der Waals surface area contributed by atoms with E-state index in [0.29, 0.717) is 13.1 Å². The largest absolute Gasteiger partial charge is 0.444 e.